The van der Waals surface area contributed by atoms with Crippen molar-refractivity contribution in [1.29, 1.82) is 0 Å². The zero-order valence-electron chi connectivity index (χ0n) is 23.7. The first-order valence-electron chi connectivity index (χ1n) is 13.6. The highest BCUT2D eigenvalue weighted by atomic mass is 32.2. The van der Waals surface area contributed by atoms with Crippen LogP contribution in [-0.4, -0.2) is 69.3 Å². The molecule has 220 valence electrons. The summed E-state index contributed by atoms with van der Waals surface area (Å²) in [5, 5.41) is 11.1. The van der Waals surface area contributed by atoms with E-state index < -0.39 is 44.5 Å². The van der Waals surface area contributed by atoms with Crippen LogP contribution < -0.4 is 9.80 Å². The molecular formula is C30H32N4O6S2. The highest BCUT2D eigenvalue weighted by Gasteiger charge is 2.46. The Kier molecular flexibility index (Phi) is 7.20. The van der Waals surface area contributed by atoms with E-state index in [1.807, 2.05) is 62.3 Å². The number of benzene rings is 4. The normalized spacial score (nSPS) is 22.1. The number of rotatable bonds is 8. The summed E-state index contributed by atoms with van der Waals surface area (Å²) in [4.78, 5) is 3.91. The number of nitrogens with zero attached hydrogens (tertiary/aromatic N) is 4. The molecule has 0 spiro atoms. The SMILES string of the molecule is CN(C)c1cccc2c(S(=O)(=O)O[C@H]3C[C@@H](OS(=O)(=O)c4cccc5c(N(C)C)cccc45)[C@H]4C[C@@H]3N=N4)cccc12. The van der Waals surface area contributed by atoms with Gasteiger partial charge in [0.25, 0.3) is 20.2 Å². The van der Waals surface area contributed by atoms with Gasteiger partial charge in [-0.15, -0.1) is 0 Å². The van der Waals surface area contributed by atoms with Crippen LogP contribution in [0.4, 0.5) is 11.4 Å². The number of anilines is 2. The molecule has 12 heteroatoms. The molecule has 0 radical (unpaired) electrons. The number of fused-ring (bicyclic) bond motifs is 4. The lowest BCUT2D eigenvalue weighted by atomic mass is 9.89. The average molecular weight is 609 g/mol. The van der Waals surface area contributed by atoms with Crippen molar-refractivity contribution in [2.45, 2.75) is 46.9 Å². The van der Waals surface area contributed by atoms with Crippen LogP contribution >= 0.6 is 0 Å². The summed E-state index contributed by atoms with van der Waals surface area (Å²) >= 11 is 0. The number of hydrogen-bond acceptors (Lipinski definition) is 10. The molecule has 0 N–H and O–H groups in total. The van der Waals surface area contributed by atoms with Crippen LogP contribution in [0.25, 0.3) is 21.5 Å². The molecule has 4 atom stereocenters. The van der Waals surface area contributed by atoms with Gasteiger partial charge in [0.2, 0.25) is 0 Å². The summed E-state index contributed by atoms with van der Waals surface area (Å²) in [6.07, 6.45) is -1.53. The molecule has 0 amide bonds. The van der Waals surface area contributed by atoms with Crippen LogP contribution in [0.3, 0.4) is 0 Å². The number of hydrogen-bond donors (Lipinski definition) is 0. The van der Waals surface area contributed by atoms with Gasteiger partial charge in [0.05, 0.1) is 0 Å². The van der Waals surface area contributed by atoms with E-state index in [0.717, 1.165) is 22.1 Å². The van der Waals surface area contributed by atoms with Crippen LogP contribution in [-0.2, 0) is 28.6 Å². The Balaban J connectivity index is 1.29. The van der Waals surface area contributed by atoms with E-state index in [1.165, 1.54) is 12.1 Å². The monoisotopic (exact) mass is 608 g/mol. The van der Waals surface area contributed by atoms with Crippen molar-refractivity contribution in [2.24, 2.45) is 10.2 Å². The predicted molar refractivity (Wildman–Crippen MR) is 162 cm³/mol. The van der Waals surface area contributed by atoms with Crippen molar-refractivity contribution >= 4 is 53.2 Å². The Bertz CT molecular complexity index is 1790. The van der Waals surface area contributed by atoms with Crippen molar-refractivity contribution in [3.63, 3.8) is 0 Å². The molecule has 1 fully saturated rings. The summed E-state index contributed by atoms with van der Waals surface area (Å²) in [6, 6.07) is 20.0. The minimum absolute atomic E-state index is 0.00220. The molecule has 1 heterocycles. The topological polar surface area (TPSA) is 118 Å². The molecule has 1 saturated carbocycles. The molecule has 0 saturated heterocycles. The lowest BCUT2D eigenvalue weighted by molar-refractivity contribution is 0.0644. The van der Waals surface area contributed by atoms with Gasteiger partial charge in [-0.05, 0) is 24.3 Å². The van der Waals surface area contributed by atoms with Crippen molar-refractivity contribution in [3.05, 3.63) is 72.8 Å². The van der Waals surface area contributed by atoms with Crippen molar-refractivity contribution in [2.75, 3.05) is 38.0 Å². The summed E-state index contributed by atoms with van der Waals surface area (Å²) in [5.74, 6) is 0. The van der Waals surface area contributed by atoms with Crippen LogP contribution in [0.5, 0.6) is 0 Å². The average Bonchev–Trinajstić information content (AvgIpc) is 3.39. The van der Waals surface area contributed by atoms with Gasteiger partial charge in [-0.1, -0.05) is 48.5 Å². The van der Waals surface area contributed by atoms with E-state index in [2.05, 4.69) is 10.2 Å². The Morgan fingerprint density at radius 1 is 0.571 bits per heavy atom. The Hall–Kier alpha value is -3.58. The molecule has 0 unspecified atom stereocenters. The van der Waals surface area contributed by atoms with E-state index in [-0.39, 0.29) is 16.2 Å². The lowest BCUT2D eigenvalue weighted by Crippen LogP contribution is -2.44. The molecule has 6 rings (SSSR count). The maximum absolute atomic E-state index is 13.6. The third-order valence-electron chi connectivity index (χ3n) is 7.89. The zero-order chi connectivity index (χ0) is 29.8. The highest BCUT2D eigenvalue weighted by molar-refractivity contribution is 7.87. The fourth-order valence-electron chi connectivity index (χ4n) is 5.89. The van der Waals surface area contributed by atoms with Crippen molar-refractivity contribution in [3.8, 4) is 0 Å². The fourth-order valence-corrected chi connectivity index (χ4v) is 8.55. The minimum Gasteiger partial charge on any atom is -0.377 e. The fraction of sp³-hybridized carbons (Fsp3) is 0.333. The predicted octanol–water partition coefficient (Wildman–Crippen LogP) is 4.97. The maximum Gasteiger partial charge on any atom is 0.297 e. The summed E-state index contributed by atoms with van der Waals surface area (Å²) < 4.78 is 66.2. The Morgan fingerprint density at radius 2 is 0.952 bits per heavy atom. The van der Waals surface area contributed by atoms with Crippen molar-refractivity contribution < 1.29 is 25.2 Å². The second kappa shape index (κ2) is 10.6. The summed E-state index contributed by atoms with van der Waals surface area (Å²) in [7, 11) is -0.919. The molecule has 1 aliphatic heterocycles. The first-order valence-corrected chi connectivity index (χ1v) is 16.4. The Labute approximate surface area is 245 Å². The van der Waals surface area contributed by atoms with Gasteiger partial charge in [-0.25, -0.2) is 0 Å². The van der Waals surface area contributed by atoms with E-state index in [9.17, 15) is 16.8 Å². The quantitative estimate of drug-likeness (QED) is 0.258. The van der Waals surface area contributed by atoms with E-state index >= 15 is 0 Å². The van der Waals surface area contributed by atoms with E-state index in [0.29, 0.717) is 17.2 Å². The lowest BCUT2D eigenvalue weighted by Gasteiger charge is -2.31. The molecule has 4 aromatic carbocycles. The van der Waals surface area contributed by atoms with Crippen LogP contribution in [0, 0.1) is 0 Å². The van der Waals surface area contributed by atoms with Crippen LogP contribution in [0.2, 0.25) is 0 Å². The molecule has 2 bridgehead atoms. The van der Waals surface area contributed by atoms with Crippen LogP contribution in [0.15, 0.2) is 92.8 Å². The van der Waals surface area contributed by atoms with E-state index in [1.54, 1.807) is 36.4 Å². The van der Waals surface area contributed by atoms with Gasteiger partial charge in [-0.2, -0.15) is 27.1 Å². The second-order valence-corrected chi connectivity index (χ2v) is 14.1. The molecular weight excluding hydrogens is 576 g/mol. The largest absolute Gasteiger partial charge is 0.377 e. The number of azo groups is 1. The first kappa shape index (κ1) is 28.5. The molecule has 0 aromatic heterocycles. The first-order chi connectivity index (χ1) is 20.0. The summed E-state index contributed by atoms with van der Waals surface area (Å²) in [5.41, 5.74) is 1.75. The standard InChI is InChI=1S/C30H32N4O6S2/c1-33(2)25-13-5-11-21-19(25)9-7-15-29(21)41(35,36)39-27-18-28(24-17-23(27)31-32-24)40-42(37,38)30-16-8-10-20-22(30)12-6-14-26(20)34(3)4/h5-16,23-24,27-28H,17-18H2,1-4H3/t23-,24+,27-,28+. The van der Waals surface area contributed by atoms with Gasteiger partial charge in [-0.3, -0.25) is 8.37 Å². The van der Waals surface area contributed by atoms with Gasteiger partial charge >= 0.3 is 0 Å². The molecule has 10 nitrogen and oxygen atoms in total. The van der Waals surface area contributed by atoms with Gasteiger partial charge < -0.3 is 9.80 Å². The summed E-state index contributed by atoms with van der Waals surface area (Å²) in [6.45, 7) is 0. The van der Waals surface area contributed by atoms with Gasteiger partial charge in [0.15, 0.2) is 0 Å². The van der Waals surface area contributed by atoms with Crippen LogP contribution in [0.1, 0.15) is 12.8 Å². The second-order valence-electron chi connectivity index (χ2n) is 11.1. The Morgan fingerprint density at radius 3 is 1.36 bits per heavy atom. The maximum atomic E-state index is 13.6. The molecule has 2 aliphatic rings. The highest BCUT2D eigenvalue weighted by Crippen LogP contribution is 2.39. The zero-order valence-corrected chi connectivity index (χ0v) is 25.3. The molecule has 4 aromatic rings. The molecule has 1 aliphatic carbocycles. The van der Waals surface area contributed by atoms with Gasteiger partial charge in [0, 0.05) is 74.0 Å². The van der Waals surface area contributed by atoms with E-state index in [4.69, 9.17) is 8.37 Å². The smallest absolute Gasteiger partial charge is 0.297 e. The third kappa shape index (κ3) is 5.02. The minimum atomic E-state index is -4.24. The van der Waals surface area contributed by atoms with Gasteiger partial charge in [0.1, 0.15) is 34.1 Å². The third-order valence-corrected chi connectivity index (χ3v) is 10.7. The molecule has 42 heavy (non-hydrogen) atoms. The van der Waals surface area contributed by atoms with Crippen molar-refractivity contribution in [1.82, 2.24) is 0 Å².